The summed E-state index contributed by atoms with van der Waals surface area (Å²) in [5.74, 6) is -1.82. The number of aromatic hydroxyl groups is 1. The largest absolute Gasteiger partial charge is 0.504 e. The van der Waals surface area contributed by atoms with Gasteiger partial charge in [-0.1, -0.05) is 22.0 Å². The fraction of sp³-hybridized carbons (Fsp3) is 0.250. The quantitative estimate of drug-likeness (QED) is 0.335. The molecule has 9 heteroatoms. The second kappa shape index (κ2) is 9.29. The van der Waals surface area contributed by atoms with Gasteiger partial charge >= 0.3 is 0 Å². The zero-order chi connectivity index (χ0) is 23.7. The van der Waals surface area contributed by atoms with E-state index in [2.05, 4.69) is 15.9 Å². The van der Waals surface area contributed by atoms with Crippen LogP contribution in [0, 0.1) is 0 Å². The number of methoxy groups -OCH3 is 2. The van der Waals surface area contributed by atoms with Gasteiger partial charge in [-0.2, -0.15) is 0 Å². The van der Waals surface area contributed by atoms with Crippen molar-refractivity contribution in [3.63, 3.8) is 0 Å². The third-order valence-corrected chi connectivity index (χ3v) is 6.01. The molecule has 33 heavy (non-hydrogen) atoms. The predicted octanol–water partition coefficient (Wildman–Crippen LogP) is 4.52. The maximum absolute atomic E-state index is 13.5. The van der Waals surface area contributed by atoms with E-state index in [0.29, 0.717) is 29.6 Å². The first-order chi connectivity index (χ1) is 15.8. The number of ketones is 1. The number of furan rings is 1. The van der Waals surface area contributed by atoms with E-state index in [-0.39, 0.29) is 29.4 Å². The molecular weight excluding hydrogens is 494 g/mol. The van der Waals surface area contributed by atoms with Crippen LogP contribution in [0.3, 0.4) is 0 Å². The zero-order valence-electron chi connectivity index (χ0n) is 18.0. The number of hydrogen-bond donors (Lipinski definition) is 2. The fourth-order valence-corrected chi connectivity index (χ4v) is 4.36. The van der Waals surface area contributed by atoms with Crippen molar-refractivity contribution >= 4 is 38.6 Å². The van der Waals surface area contributed by atoms with Crippen molar-refractivity contribution < 1.29 is 33.7 Å². The van der Waals surface area contributed by atoms with Crippen molar-refractivity contribution in [2.75, 3.05) is 27.4 Å². The van der Waals surface area contributed by atoms with E-state index in [1.165, 1.54) is 18.1 Å². The van der Waals surface area contributed by atoms with Gasteiger partial charge in [-0.15, -0.1) is 0 Å². The average molecular weight is 516 g/mol. The number of phenols is 1. The highest BCUT2D eigenvalue weighted by Gasteiger charge is 2.44. The Labute approximate surface area is 198 Å². The van der Waals surface area contributed by atoms with Crippen LogP contribution < -0.4 is 4.74 Å². The van der Waals surface area contributed by atoms with Crippen LogP contribution in [0.25, 0.3) is 11.0 Å². The predicted molar refractivity (Wildman–Crippen MR) is 124 cm³/mol. The van der Waals surface area contributed by atoms with Crippen LogP contribution in [-0.4, -0.2) is 54.2 Å². The topological polar surface area (TPSA) is 109 Å². The van der Waals surface area contributed by atoms with E-state index in [9.17, 15) is 19.8 Å². The number of carbonyl (C=O) groups is 2. The average Bonchev–Trinajstić information content (AvgIpc) is 3.32. The summed E-state index contributed by atoms with van der Waals surface area (Å²) in [6.07, 6.45) is 0.494. The Balaban J connectivity index is 1.79. The summed E-state index contributed by atoms with van der Waals surface area (Å²) >= 11 is 3.39. The Morgan fingerprint density at radius 1 is 1.15 bits per heavy atom. The monoisotopic (exact) mass is 515 g/mol. The molecule has 3 aromatic rings. The van der Waals surface area contributed by atoms with Crippen molar-refractivity contribution in [2.45, 2.75) is 12.5 Å². The first kappa shape index (κ1) is 22.9. The van der Waals surface area contributed by atoms with Gasteiger partial charge in [0.2, 0.25) is 5.78 Å². The number of nitrogens with zero attached hydrogens (tertiary/aromatic N) is 1. The molecule has 1 amide bonds. The third kappa shape index (κ3) is 4.21. The molecule has 0 bridgehead atoms. The van der Waals surface area contributed by atoms with E-state index in [1.54, 1.807) is 43.5 Å². The molecule has 1 atom stereocenters. The van der Waals surface area contributed by atoms with E-state index in [4.69, 9.17) is 13.9 Å². The molecule has 0 saturated carbocycles. The Bertz CT molecular complexity index is 1260. The first-order valence-electron chi connectivity index (χ1n) is 10.2. The smallest absolute Gasteiger partial charge is 0.290 e. The second-order valence-electron chi connectivity index (χ2n) is 7.56. The lowest BCUT2D eigenvalue weighted by Gasteiger charge is -2.27. The van der Waals surface area contributed by atoms with Gasteiger partial charge in [0.15, 0.2) is 23.0 Å². The molecule has 2 N–H and O–H groups in total. The van der Waals surface area contributed by atoms with Gasteiger partial charge in [-0.05, 0) is 48.4 Å². The molecule has 2 heterocycles. The normalized spacial score (nSPS) is 16.2. The Morgan fingerprint density at radius 2 is 1.94 bits per heavy atom. The molecule has 1 aliphatic rings. The lowest BCUT2D eigenvalue weighted by Crippen LogP contribution is -2.32. The number of ether oxygens (including phenoxy) is 2. The van der Waals surface area contributed by atoms with Gasteiger partial charge in [0, 0.05) is 30.1 Å². The minimum Gasteiger partial charge on any atom is -0.504 e. The maximum atomic E-state index is 13.5. The molecule has 1 aromatic heterocycles. The molecule has 2 aromatic carbocycles. The lowest BCUT2D eigenvalue weighted by molar-refractivity contribution is -0.129. The summed E-state index contributed by atoms with van der Waals surface area (Å²) in [6, 6.07) is 10.6. The van der Waals surface area contributed by atoms with E-state index in [1.807, 2.05) is 0 Å². The van der Waals surface area contributed by atoms with Crippen LogP contribution >= 0.6 is 15.9 Å². The number of benzene rings is 2. The summed E-state index contributed by atoms with van der Waals surface area (Å²) in [5, 5.41) is 21.8. The van der Waals surface area contributed by atoms with Crippen molar-refractivity contribution in [2.24, 2.45) is 0 Å². The molecule has 4 rings (SSSR count). The van der Waals surface area contributed by atoms with Crippen LogP contribution in [-0.2, 0) is 9.53 Å². The Kier molecular flexibility index (Phi) is 6.44. The number of rotatable bonds is 8. The Hall–Kier alpha value is -3.30. The van der Waals surface area contributed by atoms with Gasteiger partial charge < -0.3 is 29.0 Å². The molecule has 0 fully saturated rings. The second-order valence-corrected chi connectivity index (χ2v) is 8.48. The van der Waals surface area contributed by atoms with E-state index >= 15 is 0 Å². The number of Topliss-reactive ketones (excluding diaryl/α,β-unsaturated/α-hetero) is 1. The van der Waals surface area contributed by atoms with Crippen LogP contribution in [0.5, 0.6) is 11.5 Å². The van der Waals surface area contributed by atoms with Crippen molar-refractivity contribution in [3.05, 3.63) is 69.6 Å². The third-order valence-electron chi connectivity index (χ3n) is 5.52. The number of fused-ring (bicyclic) bond motifs is 1. The highest BCUT2D eigenvalue weighted by molar-refractivity contribution is 9.10. The molecule has 172 valence electrons. The maximum Gasteiger partial charge on any atom is 0.290 e. The summed E-state index contributed by atoms with van der Waals surface area (Å²) in [6.45, 7) is 0.630. The number of phenolic OH excluding ortho intramolecular Hbond substituents is 1. The molecule has 0 radical (unpaired) electrons. The first-order valence-corrected chi connectivity index (χ1v) is 11.0. The van der Waals surface area contributed by atoms with Crippen molar-refractivity contribution in [1.82, 2.24) is 4.90 Å². The highest BCUT2D eigenvalue weighted by atomic mass is 79.9. The van der Waals surface area contributed by atoms with Crippen LogP contribution in [0.4, 0.5) is 0 Å². The summed E-state index contributed by atoms with van der Waals surface area (Å²) < 4.78 is 16.7. The molecule has 1 aliphatic heterocycles. The molecule has 0 saturated heterocycles. The molecule has 8 nitrogen and oxygen atoms in total. The number of aliphatic hydroxyl groups excluding tert-OH is 1. The van der Waals surface area contributed by atoms with Gasteiger partial charge in [-0.3, -0.25) is 9.59 Å². The van der Waals surface area contributed by atoms with Crippen LogP contribution in [0.15, 0.2) is 62.7 Å². The fourth-order valence-electron chi connectivity index (χ4n) is 3.98. The summed E-state index contributed by atoms with van der Waals surface area (Å²) in [4.78, 5) is 27.9. The zero-order valence-corrected chi connectivity index (χ0v) is 19.6. The van der Waals surface area contributed by atoms with Gasteiger partial charge in [-0.25, -0.2) is 0 Å². The number of amides is 1. The highest BCUT2D eigenvalue weighted by Crippen LogP contribution is 2.42. The molecular formula is C24H22BrNO7. The van der Waals surface area contributed by atoms with Gasteiger partial charge in [0.25, 0.3) is 5.91 Å². The minimum atomic E-state index is -0.918. The minimum absolute atomic E-state index is 0.000995. The summed E-state index contributed by atoms with van der Waals surface area (Å²) in [5.41, 5.74) is 0.840. The van der Waals surface area contributed by atoms with Crippen LogP contribution in [0.1, 0.15) is 28.6 Å². The number of carbonyl (C=O) groups excluding carboxylic acids is 2. The van der Waals surface area contributed by atoms with Gasteiger partial charge in [0.05, 0.1) is 18.7 Å². The van der Waals surface area contributed by atoms with Crippen LogP contribution in [0.2, 0.25) is 0 Å². The Morgan fingerprint density at radius 3 is 2.64 bits per heavy atom. The van der Waals surface area contributed by atoms with Crippen molar-refractivity contribution in [1.29, 1.82) is 0 Å². The van der Waals surface area contributed by atoms with E-state index < -0.39 is 23.5 Å². The van der Waals surface area contributed by atoms with Gasteiger partial charge in [0.1, 0.15) is 5.58 Å². The SMILES string of the molecule is COCCCN1C(=O)C(O)=C(C(=O)c2cc3cc(Br)ccc3o2)C1c1ccc(OC)c(O)c1. The number of halogens is 1. The summed E-state index contributed by atoms with van der Waals surface area (Å²) in [7, 11) is 2.97. The van der Waals surface area contributed by atoms with Crippen molar-refractivity contribution in [3.8, 4) is 11.5 Å². The standard InChI is InChI=1S/C24H22BrNO7/c1-31-9-3-8-26-21(13-4-6-18(32-2)16(27)11-13)20(23(29)24(26)30)22(28)19-12-14-10-15(25)5-7-17(14)33-19/h4-7,10-12,21,27,29H,3,8-9H2,1-2H3. The number of hydrogen-bond acceptors (Lipinski definition) is 7. The molecule has 0 aliphatic carbocycles. The molecule has 1 unspecified atom stereocenters. The lowest BCUT2D eigenvalue weighted by atomic mass is 9.94. The number of aliphatic hydroxyl groups is 1. The molecule has 0 spiro atoms. The van der Waals surface area contributed by atoms with E-state index in [0.717, 1.165) is 4.47 Å².